The molecule has 5 nitrogen and oxygen atoms in total. The average molecular weight is 535 g/mol. The molecule has 0 saturated heterocycles. The fourth-order valence-electron chi connectivity index (χ4n) is 4.74. The Kier molecular flexibility index (Phi) is 6.11. The molecular weight excluding hydrogens is 514 g/mol. The highest BCUT2D eigenvalue weighted by atomic mass is 79.9. The molecule has 1 aromatic heterocycles. The Morgan fingerprint density at radius 2 is 1.91 bits per heavy atom. The van der Waals surface area contributed by atoms with E-state index in [0.29, 0.717) is 34.6 Å². The van der Waals surface area contributed by atoms with Crippen molar-refractivity contribution in [3.8, 4) is 0 Å². The number of amidine groups is 1. The molecule has 7 heteroatoms. The molecule has 34 heavy (non-hydrogen) atoms. The van der Waals surface area contributed by atoms with Crippen LogP contribution in [-0.2, 0) is 4.79 Å². The Hall–Kier alpha value is -3.22. The van der Waals surface area contributed by atoms with Crippen molar-refractivity contribution < 1.29 is 9.90 Å². The van der Waals surface area contributed by atoms with Crippen LogP contribution < -0.4 is 4.90 Å². The minimum atomic E-state index is -0.594. The lowest BCUT2D eigenvalue weighted by Gasteiger charge is -2.41. The number of carbonyl (C=O) groups excluding carboxylic acids is 1. The fraction of sp³-hybridized carbons (Fsp3) is 0.148. The van der Waals surface area contributed by atoms with Crippen molar-refractivity contribution in [1.29, 1.82) is 5.41 Å². The molecule has 2 N–H and O–H groups in total. The number of Topliss-reactive ketones (excluding diaryl/α,β-unsaturated/α-hetero) is 1. The average Bonchev–Trinajstić information content (AvgIpc) is 2.84. The lowest BCUT2D eigenvalue weighted by atomic mass is 9.74. The second kappa shape index (κ2) is 9.20. The first-order valence-corrected chi connectivity index (χ1v) is 12.1. The monoisotopic (exact) mass is 533 g/mol. The maximum absolute atomic E-state index is 13.4. The van der Waals surface area contributed by atoms with Gasteiger partial charge in [0, 0.05) is 62.3 Å². The minimum Gasteiger partial charge on any atom is -0.507 e. The van der Waals surface area contributed by atoms with Gasteiger partial charge >= 0.3 is 0 Å². The lowest BCUT2D eigenvalue weighted by molar-refractivity contribution is -0.116. The molecule has 170 valence electrons. The number of aliphatic hydroxyl groups excluding tert-OH is 1. The fourth-order valence-corrected chi connectivity index (χ4v) is 5.25. The Balaban J connectivity index is 1.82. The molecule has 0 amide bonds. The van der Waals surface area contributed by atoms with Crippen LogP contribution in [0.15, 0.2) is 94.4 Å². The Morgan fingerprint density at radius 3 is 2.62 bits per heavy atom. The van der Waals surface area contributed by atoms with Crippen molar-refractivity contribution in [2.45, 2.75) is 25.2 Å². The van der Waals surface area contributed by atoms with Crippen LogP contribution in [0, 0.1) is 5.41 Å². The van der Waals surface area contributed by atoms with Crippen LogP contribution in [0.4, 0.5) is 5.69 Å². The van der Waals surface area contributed by atoms with Crippen molar-refractivity contribution in [2.24, 2.45) is 0 Å². The second-order valence-electron chi connectivity index (χ2n) is 8.29. The lowest BCUT2D eigenvalue weighted by Crippen LogP contribution is -2.42. The van der Waals surface area contributed by atoms with Crippen LogP contribution in [-0.4, -0.2) is 21.7 Å². The molecule has 1 unspecified atom stereocenters. The summed E-state index contributed by atoms with van der Waals surface area (Å²) in [4.78, 5) is 19.5. The number of allylic oxidation sites excluding steroid dienone is 2. The number of aliphatic hydroxyl groups is 1. The number of carbonyl (C=O) groups is 1. The number of nitrogens with zero attached hydrogens (tertiary/aromatic N) is 2. The van der Waals surface area contributed by atoms with Gasteiger partial charge in [-0.3, -0.25) is 20.1 Å². The third-order valence-corrected chi connectivity index (χ3v) is 6.96. The molecule has 0 bridgehead atoms. The highest BCUT2D eigenvalue weighted by Gasteiger charge is 2.43. The molecule has 1 aliphatic heterocycles. The number of hydrogen-bond acceptors (Lipinski definition) is 4. The van der Waals surface area contributed by atoms with E-state index in [-0.39, 0.29) is 17.4 Å². The predicted octanol–water partition coefficient (Wildman–Crippen LogP) is 7.05. The molecule has 0 spiro atoms. The number of hydrogen-bond donors (Lipinski definition) is 2. The van der Waals surface area contributed by atoms with E-state index in [1.165, 1.54) is 0 Å². The largest absolute Gasteiger partial charge is 0.507 e. The van der Waals surface area contributed by atoms with Crippen LogP contribution in [0.3, 0.4) is 0 Å². The number of rotatable bonds is 3. The van der Waals surface area contributed by atoms with Crippen molar-refractivity contribution in [3.63, 3.8) is 0 Å². The minimum absolute atomic E-state index is 0.0315. The van der Waals surface area contributed by atoms with E-state index in [0.717, 1.165) is 27.8 Å². The van der Waals surface area contributed by atoms with Gasteiger partial charge < -0.3 is 5.11 Å². The van der Waals surface area contributed by atoms with Gasteiger partial charge in [0.1, 0.15) is 11.6 Å². The third-order valence-electron chi connectivity index (χ3n) is 6.21. The topological polar surface area (TPSA) is 77.3 Å². The number of benzene rings is 2. The van der Waals surface area contributed by atoms with E-state index in [4.69, 9.17) is 11.6 Å². The first-order chi connectivity index (χ1) is 16.5. The van der Waals surface area contributed by atoms with Gasteiger partial charge in [-0.25, -0.2) is 0 Å². The normalized spacial score (nSPS) is 19.8. The van der Waals surface area contributed by atoms with Gasteiger partial charge in [-0.15, -0.1) is 0 Å². The zero-order valence-corrected chi connectivity index (χ0v) is 20.5. The summed E-state index contributed by atoms with van der Waals surface area (Å²) in [6, 6.07) is 18.2. The van der Waals surface area contributed by atoms with Gasteiger partial charge in [0.05, 0.1) is 0 Å². The Bertz CT molecular complexity index is 1350. The first-order valence-electron chi connectivity index (χ1n) is 11.0. The Morgan fingerprint density at radius 1 is 1.12 bits per heavy atom. The van der Waals surface area contributed by atoms with Crippen molar-refractivity contribution in [3.05, 3.63) is 111 Å². The third kappa shape index (κ3) is 3.97. The molecule has 2 aliphatic rings. The van der Waals surface area contributed by atoms with E-state index in [2.05, 4.69) is 20.9 Å². The maximum atomic E-state index is 13.4. The number of pyridine rings is 1. The summed E-state index contributed by atoms with van der Waals surface area (Å²) >= 11 is 9.59. The van der Waals surface area contributed by atoms with Crippen LogP contribution in [0.5, 0.6) is 0 Å². The number of ketones is 1. The summed E-state index contributed by atoms with van der Waals surface area (Å²) in [5.41, 5.74) is 3.84. The summed E-state index contributed by atoms with van der Waals surface area (Å²) in [6.45, 7) is 0. The maximum Gasteiger partial charge on any atom is 0.161 e. The zero-order chi connectivity index (χ0) is 23.8. The quantitative estimate of drug-likeness (QED) is 0.353. The molecule has 2 heterocycles. The molecule has 1 aliphatic carbocycles. The van der Waals surface area contributed by atoms with E-state index >= 15 is 0 Å². The number of anilines is 1. The van der Waals surface area contributed by atoms with Gasteiger partial charge in [-0.2, -0.15) is 0 Å². The van der Waals surface area contributed by atoms with Gasteiger partial charge in [-0.05, 0) is 66.9 Å². The van der Waals surface area contributed by atoms with E-state index in [1.807, 2.05) is 36.4 Å². The standard InChI is InChI=1S/C27H21BrClN3O2/c28-18-5-1-6-20(14-18)32-21-7-2-8-22(33)24(21)23(17-4-3-13-31-15-17)25(27(32)30)26(34)16-9-11-19(29)12-10-16/h1,3-6,9-15,23,30,34H,2,7-8H2/b26-25+,30-27?. The summed E-state index contributed by atoms with van der Waals surface area (Å²) in [5.74, 6) is -0.486. The molecule has 0 radical (unpaired) electrons. The van der Waals surface area contributed by atoms with Crippen LogP contribution in [0.1, 0.15) is 36.3 Å². The number of aromatic nitrogens is 1. The van der Waals surface area contributed by atoms with Gasteiger partial charge in [0.15, 0.2) is 5.78 Å². The molecule has 0 fully saturated rings. The predicted molar refractivity (Wildman–Crippen MR) is 138 cm³/mol. The summed E-state index contributed by atoms with van der Waals surface area (Å²) in [5, 5.41) is 21.4. The van der Waals surface area contributed by atoms with Crippen LogP contribution in [0.25, 0.3) is 5.76 Å². The van der Waals surface area contributed by atoms with E-state index < -0.39 is 5.92 Å². The van der Waals surface area contributed by atoms with E-state index in [9.17, 15) is 15.3 Å². The summed E-state index contributed by atoms with van der Waals surface area (Å²) < 4.78 is 0.865. The van der Waals surface area contributed by atoms with Gasteiger partial charge in [0.25, 0.3) is 0 Å². The van der Waals surface area contributed by atoms with Crippen molar-refractivity contribution in [1.82, 2.24) is 4.98 Å². The number of halogens is 2. The Labute approximate surface area is 211 Å². The smallest absolute Gasteiger partial charge is 0.161 e. The summed E-state index contributed by atoms with van der Waals surface area (Å²) in [6.07, 6.45) is 5.20. The molecule has 1 atom stereocenters. The molecule has 0 saturated carbocycles. The van der Waals surface area contributed by atoms with Crippen molar-refractivity contribution in [2.75, 3.05) is 4.90 Å². The molecule has 3 aromatic rings. The van der Waals surface area contributed by atoms with Gasteiger partial charge in [-0.1, -0.05) is 39.7 Å². The zero-order valence-electron chi connectivity index (χ0n) is 18.1. The number of nitrogens with one attached hydrogen (secondary N) is 1. The molecule has 5 rings (SSSR count). The molecule has 2 aromatic carbocycles. The first kappa shape index (κ1) is 22.6. The highest BCUT2D eigenvalue weighted by molar-refractivity contribution is 9.10. The van der Waals surface area contributed by atoms with Crippen LogP contribution in [0.2, 0.25) is 5.02 Å². The van der Waals surface area contributed by atoms with Crippen LogP contribution >= 0.6 is 27.5 Å². The highest BCUT2D eigenvalue weighted by Crippen LogP contribution is 2.47. The SMILES string of the molecule is N=C1/C(=C(/O)c2ccc(Cl)cc2)C(c2cccnc2)C2=C(CCCC2=O)N1c1cccc(Br)c1. The van der Waals surface area contributed by atoms with Crippen molar-refractivity contribution >= 4 is 50.6 Å². The summed E-state index contributed by atoms with van der Waals surface area (Å²) in [7, 11) is 0. The molecular formula is C27H21BrClN3O2. The van der Waals surface area contributed by atoms with Gasteiger partial charge in [0.2, 0.25) is 0 Å². The van der Waals surface area contributed by atoms with E-state index in [1.54, 1.807) is 41.6 Å². The second-order valence-corrected chi connectivity index (χ2v) is 9.64.